The molecule has 1 atom stereocenters. The number of sulfonamides is 1. The molecule has 7 heteroatoms. The van der Waals surface area contributed by atoms with Gasteiger partial charge in [-0.05, 0) is 44.2 Å². The summed E-state index contributed by atoms with van der Waals surface area (Å²) in [6.07, 6.45) is 4.49. The molecule has 0 aliphatic carbocycles. The van der Waals surface area contributed by atoms with E-state index >= 15 is 0 Å². The largest absolute Gasteiger partial charge is 0.302 e. The Balaban J connectivity index is 1.66. The number of halogens is 1. The van der Waals surface area contributed by atoms with E-state index < -0.39 is 10.0 Å². The van der Waals surface area contributed by atoms with E-state index in [0.717, 1.165) is 31.5 Å². The number of aromatic nitrogens is 1. The molecule has 1 aromatic heterocycles. The highest BCUT2D eigenvalue weighted by molar-refractivity contribution is 7.89. The van der Waals surface area contributed by atoms with Crippen LogP contribution in [0.4, 0.5) is 0 Å². The lowest BCUT2D eigenvalue weighted by molar-refractivity contribution is 0.164. The SMILES string of the molecule is CN(CCc1ccccn1)[C@H]1CCCN(S(=O)(=O)c2ccccc2Cl)C1. The molecule has 5 nitrogen and oxygen atoms in total. The zero-order valence-corrected chi connectivity index (χ0v) is 16.5. The van der Waals surface area contributed by atoms with Crippen molar-refractivity contribution in [2.75, 3.05) is 26.7 Å². The first-order valence-corrected chi connectivity index (χ1v) is 10.6. The summed E-state index contributed by atoms with van der Waals surface area (Å²) in [6, 6.07) is 12.8. The fourth-order valence-corrected chi connectivity index (χ4v) is 5.32. The summed E-state index contributed by atoms with van der Waals surface area (Å²) in [5.41, 5.74) is 1.05. The zero-order chi connectivity index (χ0) is 18.6. The van der Waals surface area contributed by atoms with Crippen molar-refractivity contribution in [2.24, 2.45) is 0 Å². The first kappa shape index (κ1) is 19.3. The highest BCUT2D eigenvalue weighted by atomic mass is 35.5. The fraction of sp³-hybridized carbons (Fsp3) is 0.421. The third-order valence-electron chi connectivity index (χ3n) is 4.88. The third kappa shape index (κ3) is 4.43. The first-order chi connectivity index (χ1) is 12.5. The van der Waals surface area contributed by atoms with Crippen LogP contribution < -0.4 is 0 Å². The van der Waals surface area contributed by atoms with Crippen LogP contribution in [0.25, 0.3) is 0 Å². The van der Waals surface area contributed by atoms with Gasteiger partial charge in [0, 0.05) is 44.0 Å². The summed E-state index contributed by atoms with van der Waals surface area (Å²) < 4.78 is 27.5. The van der Waals surface area contributed by atoms with Crippen molar-refractivity contribution < 1.29 is 8.42 Å². The molecule has 0 spiro atoms. The molecule has 0 bridgehead atoms. The van der Waals surface area contributed by atoms with Crippen LogP contribution in [0.15, 0.2) is 53.6 Å². The molecule has 26 heavy (non-hydrogen) atoms. The van der Waals surface area contributed by atoms with Crippen molar-refractivity contribution >= 4 is 21.6 Å². The quantitative estimate of drug-likeness (QED) is 0.756. The van der Waals surface area contributed by atoms with Gasteiger partial charge in [0.1, 0.15) is 4.90 Å². The van der Waals surface area contributed by atoms with Gasteiger partial charge in [-0.2, -0.15) is 4.31 Å². The van der Waals surface area contributed by atoms with Crippen molar-refractivity contribution in [3.05, 3.63) is 59.4 Å². The van der Waals surface area contributed by atoms with Crippen LogP contribution in [0.1, 0.15) is 18.5 Å². The molecule has 1 saturated heterocycles. The maximum atomic E-state index is 13.0. The lowest BCUT2D eigenvalue weighted by Crippen LogP contribution is -2.49. The van der Waals surface area contributed by atoms with Crippen LogP contribution in [0, 0.1) is 0 Å². The minimum Gasteiger partial charge on any atom is -0.302 e. The Bertz CT molecular complexity index is 830. The van der Waals surface area contributed by atoms with E-state index in [9.17, 15) is 8.42 Å². The van der Waals surface area contributed by atoms with Crippen LogP contribution in [0.2, 0.25) is 5.02 Å². The highest BCUT2D eigenvalue weighted by Crippen LogP contribution is 2.27. The second-order valence-electron chi connectivity index (χ2n) is 6.64. The van der Waals surface area contributed by atoms with E-state index in [4.69, 9.17) is 11.6 Å². The number of hydrogen-bond acceptors (Lipinski definition) is 4. The topological polar surface area (TPSA) is 53.5 Å². The van der Waals surface area contributed by atoms with Gasteiger partial charge in [-0.15, -0.1) is 0 Å². The van der Waals surface area contributed by atoms with Gasteiger partial charge in [0.2, 0.25) is 10.0 Å². The highest BCUT2D eigenvalue weighted by Gasteiger charge is 2.32. The van der Waals surface area contributed by atoms with Crippen LogP contribution in [0.3, 0.4) is 0 Å². The molecule has 0 radical (unpaired) electrons. The molecule has 1 aliphatic rings. The molecule has 1 aliphatic heterocycles. The summed E-state index contributed by atoms with van der Waals surface area (Å²) in [7, 11) is -1.51. The summed E-state index contributed by atoms with van der Waals surface area (Å²) >= 11 is 6.12. The molecule has 2 aromatic rings. The first-order valence-electron chi connectivity index (χ1n) is 8.83. The molecule has 140 valence electrons. The van der Waals surface area contributed by atoms with Crippen molar-refractivity contribution in [3.8, 4) is 0 Å². The Morgan fingerprint density at radius 2 is 2.00 bits per heavy atom. The number of rotatable bonds is 6. The van der Waals surface area contributed by atoms with E-state index in [1.807, 2.05) is 18.2 Å². The van der Waals surface area contributed by atoms with Gasteiger partial charge in [0.15, 0.2) is 0 Å². The van der Waals surface area contributed by atoms with E-state index in [1.54, 1.807) is 34.8 Å². The van der Waals surface area contributed by atoms with E-state index in [1.165, 1.54) is 0 Å². The zero-order valence-electron chi connectivity index (χ0n) is 14.9. The number of hydrogen-bond donors (Lipinski definition) is 0. The summed E-state index contributed by atoms with van der Waals surface area (Å²) in [6.45, 7) is 1.88. The van der Waals surface area contributed by atoms with E-state index in [-0.39, 0.29) is 16.0 Å². The molecule has 0 unspecified atom stereocenters. The Labute approximate surface area is 160 Å². The maximum Gasteiger partial charge on any atom is 0.244 e. The van der Waals surface area contributed by atoms with Gasteiger partial charge < -0.3 is 4.90 Å². The van der Waals surface area contributed by atoms with E-state index in [0.29, 0.717) is 13.1 Å². The smallest absolute Gasteiger partial charge is 0.244 e. The van der Waals surface area contributed by atoms with Crippen LogP contribution in [-0.4, -0.2) is 55.3 Å². The molecule has 0 amide bonds. The summed E-state index contributed by atoms with van der Waals surface area (Å²) in [5.74, 6) is 0. The Hall–Kier alpha value is -1.47. The number of pyridine rings is 1. The molecule has 2 heterocycles. The average Bonchev–Trinajstić information content (AvgIpc) is 2.67. The Kier molecular flexibility index (Phi) is 6.29. The summed E-state index contributed by atoms with van der Waals surface area (Å²) in [5, 5.41) is 0.276. The second kappa shape index (κ2) is 8.48. The fourth-order valence-electron chi connectivity index (χ4n) is 3.31. The molecule has 0 N–H and O–H groups in total. The van der Waals surface area contributed by atoms with Gasteiger partial charge in [0.25, 0.3) is 0 Å². The van der Waals surface area contributed by atoms with Gasteiger partial charge in [-0.25, -0.2) is 8.42 Å². The monoisotopic (exact) mass is 393 g/mol. The number of piperidine rings is 1. The average molecular weight is 394 g/mol. The van der Waals surface area contributed by atoms with Crippen LogP contribution in [-0.2, 0) is 16.4 Å². The third-order valence-corrected chi connectivity index (χ3v) is 7.25. The van der Waals surface area contributed by atoms with Crippen molar-refractivity contribution in [2.45, 2.75) is 30.2 Å². The molecular weight excluding hydrogens is 370 g/mol. The minimum absolute atomic E-state index is 0.193. The molecular formula is C19H24ClN3O2S. The molecule has 1 aromatic carbocycles. The Morgan fingerprint density at radius 3 is 2.73 bits per heavy atom. The maximum absolute atomic E-state index is 13.0. The second-order valence-corrected chi connectivity index (χ2v) is 8.95. The van der Waals surface area contributed by atoms with Gasteiger partial charge in [0.05, 0.1) is 5.02 Å². The van der Waals surface area contributed by atoms with Gasteiger partial charge in [-0.3, -0.25) is 4.98 Å². The van der Waals surface area contributed by atoms with Crippen LogP contribution >= 0.6 is 11.6 Å². The predicted octanol–water partition coefficient (Wildman–Crippen LogP) is 3.06. The van der Waals surface area contributed by atoms with Crippen LogP contribution in [0.5, 0.6) is 0 Å². The molecule has 0 saturated carbocycles. The van der Waals surface area contributed by atoms with Crippen molar-refractivity contribution in [1.29, 1.82) is 0 Å². The molecule has 3 rings (SSSR count). The minimum atomic E-state index is -3.56. The number of benzene rings is 1. The van der Waals surface area contributed by atoms with Crippen molar-refractivity contribution in [1.82, 2.24) is 14.2 Å². The normalized spacial score (nSPS) is 19.0. The van der Waals surface area contributed by atoms with Crippen molar-refractivity contribution in [3.63, 3.8) is 0 Å². The predicted molar refractivity (Wildman–Crippen MR) is 104 cm³/mol. The van der Waals surface area contributed by atoms with E-state index in [2.05, 4.69) is 16.9 Å². The number of likely N-dealkylation sites (N-methyl/N-ethyl adjacent to an activating group) is 1. The number of nitrogens with zero attached hydrogens (tertiary/aromatic N) is 3. The van der Waals surface area contributed by atoms with Gasteiger partial charge >= 0.3 is 0 Å². The summed E-state index contributed by atoms with van der Waals surface area (Å²) in [4.78, 5) is 6.78. The lowest BCUT2D eigenvalue weighted by atomic mass is 10.1. The van der Waals surface area contributed by atoms with Gasteiger partial charge in [-0.1, -0.05) is 29.8 Å². The lowest BCUT2D eigenvalue weighted by Gasteiger charge is -2.37. The Morgan fingerprint density at radius 1 is 1.23 bits per heavy atom. The standard InChI is InChI=1S/C19H24ClN3O2S/c1-22(14-11-16-7-4-5-12-21-16)17-8-6-13-23(15-17)26(24,25)19-10-3-2-9-18(19)20/h2-5,7,9-10,12,17H,6,8,11,13-15H2,1H3/t17-/m0/s1. The molecule has 1 fully saturated rings.